The Hall–Kier alpha value is -0.730. The van der Waals surface area contributed by atoms with Crippen molar-refractivity contribution in [1.82, 2.24) is 0 Å². The van der Waals surface area contributed by atoms with Gasteiger partial charge in [-0.3, -0.25) is 4.99 Å². The van der Waals surface area contributed by atoms with E-state index in [4.69, 9.17) is 0 Å². The lowest BCUT2D eigenvalue weighted by Gasteiger charge is -1.63. The molecule has 0 aromatic rings. The molecule has 0 bridgehead atoms. The third-order valence-corrected chi connectivity index (χ3v) is 0.283. The van der Waals surface area contributed by atoms with Crippen LogP contribution < -0.4 is 0 Å². The maximum atomic E-state index is 3.54. The van der Waals surface area contributed by atoms with Gasteiger partial charge in [-0.1, -0.05) is 0 Å². The van der Waals surface area contributed by atoms with Crippen molar-refractivity contribution in [2.45, 2.75) is 0 Å². The van der Waals surface area contributed by atoms with Crippen LogP contribution in [-0.2, 0) is 0 Å². The number of nitrogens with zero attached hydrogens (tertiary/aromatic N) is 3. The average molecular weight is 85.1 g/mol. The van der Waals surface area contributed by atoms with Crippen LogP contribution in [0.2, 0.25) is 0 Å². The molecule has 0 heterocycles. The highest BCUT2D eigenvalue weighted by atomic mass is 15.1. The Balaban J connectivity index is 3.07. The second kappa shape index (κ2) is 4.27. The summed E-state index contributed by atoms with van der Waals surface area (Å²) in [4.78, 5) is 3.54. The minimum atomic E-state index is 1.39. The summed E-state index contributed by atoms with van der Waals surface area (Å²) >= 11 is 0. The molecular weight excluding hydrogens is 78.1 g/mol. The van der Waals surface area contributed by atoms with Crippen molar-refractivity contribution in [3.63, 3.8) is 0 Å². The zero-order chi connectivity index (χ0) is 4.83. The molecule has 0 aliphatic heterocycles. The molecule has 0 saturated heterocycles. The van der Waals surface area contributed by atoms with Gasteiger partial charge in [0.1, 0.15) is 6.34 Å². The molecule has 34 valence electrons. The van der Waals surface area contributed by atoms with Gasteiger partial charge in [-0.05, 0) is 0 Å². The first kappa shape index (κ1) is 5.27. The van der Waals surface area contributed by atoms with Crippen LogP contribution >= 0.6 is 0 Å². The van der Waals surface area contributed by atoms with Gasteiger partial charge in [-0.25, -0.2) is 0 Å². The quantitative estimate of drug-likeness (QED) is 0.256. The lowest BCUT2D eigenvalue weighted by molar-refractivity contribution is 1.21. The molecule has 0 unspecified atom stereocenters. The van der Waals surface area contributed by atoms with Crippen LogP contribution in [0.1, 0.15) is 0 Å². The largest absolute Gasteiger partial charge is 0.275 e. The summed E-state index contributed by atoms with van der Waals surface area (Å²) in [6.07, 6.45) is 1.39. The van der Waals surface area contributed by atoms with E-state index in [9.17, 15) is 0 Å². The van der Waals surface area contributed by atoms with Crippen LogP contribution in [0.15, 0.2) is 15.2 Å². The summed E-state index contributed by atoms with van der Waals surface area (Å²) in [5.74, 6) is 0. The number of hydrogen-bond acceptors (Lipinski definition) is 2. The van der Waals surface area contributed by atoms with Crippen molar-refractivity contribution in [2.75, 3.05) is 14.1 Å². The Labute approximate surface area is 36.8 Å². The highest BCUT2D eigenvalue weighted by Gasteiger charge is 1.49. The van der Waals surface area contributed by atoms with Crippen molar-refractivity contribution in [3.8, 4) is 0 Å². The highest BCUT2D eigenvalue weighted by Crippen LogP contribution is 1.58. The summed E-state index contributed by atoms with van der Waals surface area (Å²) in [5, 5.41) is 6.82. The fourth-order valence-electron chi connectivity index (χ4n) is 0.103. The van der Waals surface area contributed by atoms with Gasteiger partial charge in [-0.2, -0.15) is 5.11 Å². The molecule has 0 aromatic heterocycles. The monoisotopic (exact) mass is 85.1 g/mol. The summed E-state index contributed by atoms with van der Waals surface area (Å²) in [5.41, 5.74) is 0. The molecule has 0 saturated carbocycles. The van der Waals surface area contributed by atoms with E-state index >= 15 is 0 Å². The predicted octanol–water partition coefficient (Wildman–Crippen LogP) is 0.727. The first-order valence-corrected chi connectivity index (χ1v) is 1.61. The minimum Gasteiger partial charge on any atom is -0.275 e. The molecule has 0 atom stereocenters. The third kappa shape index (κ3) is 3.27. The first-order chi connectivity index (χ1) is 2.91. The Bertz CT molecular complexity index is 54.4. The van der Waals surface area contributed by atoms with Crippen LogP contribution in [0.5, 0.6) is 0 Å². The van der Waals surface area contributed by atoms with Gasteiger partial charge < -0.3 is 0 Å². The molecule has 3 nitrogen and oxygen atoms in total. The van der Waals surface area contributed by atoms with Crippen molar-refractivity contribution in [1.29, 1.82) is 0 Å². The highest BCUT2D eigenvalue weighted by molar-refractivity contribution is 5.53. The molecule has 0 amide bonds. The minimum absolute atomic E-state index is 1.39. The molecule has 0 radical (unpaired) electrons. The van der Waals surface area contributed by atoms with Gasteiger partial charge in [-0.15, -0.1) is 5.11 Å². The molecule has 6 heavy (non-hydrogen) atoms. The molecule has 0 aliphatic carbocycles. The molecule has 3 heteroatoms. The Morgan fingerprint density at radius 2 is 2.00 bits per heavy atom. The number of rotatable bonds is 1. The van der Waals surface area contributed by atoms with E-state index in [0.29, 0.717) is 0 Å². The Morgan fingerprint density at radius 3 is 2.17 bits per heavy atom. The molecular formula is C3H7N3. The van der Waals surface area contributed by atoms with Crippen molar-refractivity contribution >= 4 is 6.34 Å². The van der Waals surface area contributed by atoms with Crippen LogP contribution in [-0.4, -0.2) is 20.4 Å². The number of azo groups is 1. The first-order valence-electron chi connectivity index (χ1n) is 1.61. The molecule has 0 rings (SSSR count). The topological polar surface area (TPSA) is 37.1 Å². The smallest absolute Gasteiger partial charge is 0.132 e. The summed E-state index contributed by atoms with van der Waals surface area (Å²) in [6, 6.07) is 0. The predicted molar refractivity (Wildman–Crippen MR) is 25.2 cm³/mol. The fourth-order valence-corrected chi connectivity index (χ4v) is 0.103. The van der Waals surface area contributed by atoms with E-state index in [1.54, 1.807) is 14.1 Å². The summed E-state index contributed by atoms with van der Waals surface area (Å²) < 4.78 is 0. The van der Waals surface area contributed by atoms with Gasteiger partial charge in [0.2, 0.25) is 0 Å². The maximum Gasteiger partial charge on any atom is 0.132 e. The maximum absolute atomic E-state index is 3.54. The van der Waals surface area contributed by atoms with Crippen LogP contribution in [0.4, 0.5) is 0 Å². The Kier molecular flexibility index (Phi) is 3.75. The SMILES string of the molecule is CN=N/C=N/C. The zero-order valence-electron chi connectivity index (χ0n) is 3.92. The van der Waals surface area contributed by atoms with Gasteiger partial charge in [0.25, 0.3) is 0 Å². The molecule has 0 N–H and O–H groups in total. The van der Waals surface area contributed by atoms with E-state index in [2.05, 4.69) is 15.2 Å². The lowest BCUT2D eigenvalue weighted by Crippen LogP contribution is -1.57. The standard InChI is InChI=1S/C3H7N3/c1-4-3-6-5-2/h3H,1-2H3/b4-3+,6-5?. The van der Waals surface area contributed by atoms with E-state index in [-0.39, 0.29) is 0 Å². The lowest BCUT2D eigenvalue weighted by atomic mass is 11.3. The number of aliphatic imine (C=N–C) groups is 1. The molecule has 0 spiro atoms. The van der Waals surface area contributed by atoms with Gasteiger partial charge in [0.15, 0.2) is 0 Å². The van der Waals surface area contributed by atoms with Crippen molar-refractivity contribution in [3.05, 3.63) is 0 Å². The second-order valence-corrected chi connectivity index (χ2v) is 0.689. The van der Waals surface area contributed by atoms with Gasteiger partial charge >= 0.3 is 0 Å². The number of hydrogen-bond donors (Lipinski definition) is 0. The van der Waals surface area contributed by atoms with E-state index in [1.165, 1.54) is 6.34 Å². The van der Waals surface area contributed by atoms with E-state index < -0.39 is 0 Å². The normalized spacial score (nSPS) is 11.7. The van der Waals surface area contributed by atoms with Crippen molar-refractivity contribution in [2.24, 2.45) is 15.2 Å². The average Bonchev–Trinajstić information content (AvgIpc) is 1.61. The zero-order valence-corrected chi connectivity index (χ0v) is 3.92. The fraction of sp³-hybridized carbons (Fsp3) is 0.667. The van der Waals surface area contributed by atoms with Crippen LogP contribution in [0.25, 0.3) is 0 Å². The van der Waals surface area contributed by atoms with Gasteiger partial charge in [0.05, 0.1) is 0 Å². The van der Waals surface area contributed by atoms with E-state index in [1.807, 2.05) is 0 Å². The summed E-state index contributed by atoms with van der Waals surface area (Å²) in [6.45, 7) is 0. The molecule has 0 aromatic carbocycles. The van der Waals surface area contributed by atoms with Crippen LogP contribution in [0.3, 0.4) is 0 Å². The van der Waals surface area contributed by atoms with Crippen LogP contribution in [0, 0.1) is 0 Å². The molecule has 0 aliphatic rings. The second-order valence-electron chi connectivity index (χ2n) is 0.689. The third-order valence-electron chi connectivity index (χ3n) is 0.283. The Morgan fingerprint density at radius 1 is 1.33 bits per heavy atom. The van der Waals surface area contributed by atoms with E-state index in [0.717, 1.165) is 0 Å². The van der Waals surface area contributed by atoms with Crippen molar-refractivity contribution < 1.29 is 0 Å². The summed E-state index contributed by atoms with van der Waals surface area (Å²) in [7, 11) is 3.25. The molecule has 0 fully saturated rings. The van der Waals surface area contributed by atoms with Gasteiger partial charge in [0, 0.05) is 14.1 Å².